The topological polar surface area (TPSA) is 34.9 Å². The monoisotopic (exact) mass is 304 g/mol. The number of rotatable bonds is 4. The van der Waals surface area contributed by atoms with Crippen molar-refractivity contribution in [3.05, 3.63) is 52.4 Å². The van der Waals surface area contributed by atoms with Crippen molar-refractivity contribution in [1.82, 2.24) is 9.55 Å². The molecule has 0 aliphatic heterocycles. The van der Waals surface area contributed by atoms with Crippen molar-refractivity contribution in [1.29, 1.82) is 0 Å². The van der Waals surface area contributed by atoms with Crippen molar-refractivity contribution in [3.63, 3.8) is 0 Å². The van der Waals surface area contributed by atoms with Gasteiger partial charge in [0.15, 0.2) is 5.78 Å². The summed E-state index contributed by atoms with van der Waals surface area (Å²) in [6.45, 7) is 2.65. The summed E-state index contributed by atoms with van der Waals surface area (Å²) in [5.74, 6) is 0.175. The fraction of sp³-hybridized carbons (Fsp3) is 0.200. The molecule has 102 valence electrons. The first-order chi connectivity index (χ1) is 9.65. The Morgan fingerprint density at radius 1 is 1.45 bits per heavy atom. The van der Waals surface area contributed by atoms with Gasteiger partial charge in [0.2, 0.25) is 0 Å². The van der Waals surface area contributed by atoms with Crippen LogP contribution in [0.15, 0.2) is 36.9 Å². The highest BCUT2D eigenvalue weighted by Crippen LogP contribution is 2.33. The molecule has 0 bridgehead atoms. The zero-order valence-electron chi connectivity index (χ0n) is 11.0. The first kappa shape index (κ1) is 13.3. The minimum atomic E-state index is 0.175. The van der Waals surface area contributed by atoms with Crippen molar-refractivity contribution < 1.29 is 4.79 Å². The Kier molecular flexibility index (Phi) is 3.59. The van der Waals surface area contributed by atoms with E-state index in [4.69, 9.17) is 11.6 Å². The standard InChI is InChI=1S/C15H13ClN2OS/c1-10-12-8-11(16)2-3-14(12)20-15(10)13(19)4-6-18-7-5-17-9-18/h2-3,5,7-9H,4,6H2,1H3. The van der Waals surface area contributed by atoms with Gasteiger partial charge in [-0.15, -0.1) is 11.3 Å². The zero-order valence-corrected chi connectivity index (χ0v) is 12.5. The Morgan fingerprint density at radius 2 is 2.30 bits per heavy atom. The lowest BCUT2D eigenvalue weighted by atomic mass is 10.1. The number of hydrogen-bond donors (Lipinski definition) is 0. The molecule has 0 amide bonds. The second-order valence-corrected chi connectivity index (χ2v) is 6.16. The molecule has 0 N–H and O–H groups in total. The van der Waals surface area contributed by atoms with Gasteiger partial charge in [-0.25, -0.2) is 4.98 Å². The third-order valence-corrected chi connectivity index (χ3v) is 4.86. The summed E-state index contributed by atoms with van der Waals surface area (Å²) in [6.07, 6.45) is 5.80. The van der Waals surface area contributed by atoms with Crippen LogP contribution in [0.25, 0.3) is 10.1 Å². The largest absolute Gasteiger partial charge is 0.337 e. The van der Waals surface area contributed by atoms with Gasteiger partial charge < -0.3 is 4.57 Å². The van der Waals surface area contributed by atoms with Crippen LogP contribution in [0.3, 0.4) is 0 Å². The molecule has 0 atom stereocenters. The van der Waals surface area contributed by atoms with E-state index in [-0.39, 0.29) is 5.78 Å². The molecule has 0 saturated carbocycles. The molecule has 20 heavy (non-hydrogen) atoms. The van der Waals surface area contributed by atoms with Crippen LogP contribution in [0.1, 0.15) is 21.7 Å². The number of Topliss-reactive ketones (excluding diaryl/α,β-unsaturated/α-hetero) is 1. The van der Waals surface area contributed by atoms with Crippen LogP contribution in [-0.4, -0.2) is 15.3 Å². The second kappa shape index (κ2) is 5.38. The van der Waals surface area contributed by atoms with Crippen LogP contribution in [-0.2, 0) is 6.54 Å². The van der Waals surface area contributed by atoms with Gasteiger partial charge in [0.25, 0.3) is 0 Å². The third-order valence-electron chi connectivity index (χ3n) is 3.31. The molecule has 3 aromatic rings. The summed E-state index contributed by atoms with van der Waals surface area (Å²) in [5.41, 5.74) is 1.03. The number of nitrogens with zero attached hydrogens (tertiary/aromatic N) is 2. The fourth-order valence-electron chi connectivity index (χ4n) is 2.22. The van der Waals surface area contributed by atoms with Gasteiger partial charge >= 0.3 is 0 Å². The lowest BCUT2D eigenvalue weighted by Gasteiger charge is -2.01. The maximum Gasteiger partial charge on any atom is 0.174 e. The average molecular weight is 305 g/mol. The Hall–Kier alpha value is -1.65. The summed E-state index contributed by atoms with van der Waals surface area (Å²) in [7, 11) is 0. The molecule has 0 aliphatic rings. The molecule has 5 heteroatoms. The predicted molar refractivity (Wildman–Crippen MR) is 82.7 cm³/mol. The van der Waals surface area contributed by atoms with Gasteiger partial charge in [0, 0.05) is 35.1 Å². The van der Waals surface area contributed by atoms with E-state index in [9.17, 15) is 4.79 Å². The number of thiophene rings is 1. The van der Waals surface area contributed by atoms with Crippen LogP contribution in [0.2, 0.25) is 5.02 Å². The first-order valence-corrected chi connectivity index (χ1v) is 7.52. The van der Waals surface area contributed by atoms with Crippen LogP contribution < -0.4 is 0 Å². The van der Waals surface area contributed by atoms with E-state index in [1.807, 2.05) is 35.9 Å². The minimum absolute atomic E-state index is 0.175. The van der Waals surface area contributed by atoms with E-state index in [0.29, 0.717) is 18.0 Å². The Bertz CT molecular complexity index is 762. The number of halogens is 1. The SMILES string of the molecule is Cc1c(C(=O)CCn2ccnc2)sc2ccc(Cl)cc12. The van der Waals surface area contributed by atoms with Crippen LogP contribution >= 0.6 is 22.9 Å². The fourth-order valence-corrected chi connectivity index (χ4v) is 3.55. The van der Waals surface area contributed by atoms with E-state index in [2.05, 4.69) is 4.98 Å². The average Bonchev–Trinajstić information content (AvgIpc) is 3.05. The van der Waals surface area contributed by atoms with Crippen LogP contribution in [0, 0.1) is 6.92 Å². The Balaban J connectivity index is 1.86. The smallest absolute Gasteiger partial charge is 0.174 e. The van der Waals surface area contributed by atoms with E-state index in [1.54, 1.807) is 23.9 Å². The highest BCUT2D eigenvalue weighted by Gasteiger charge is 2.15. The molecule has 0 radical (unpaired) electrons. The summed E-state index contributed by atoms with van der Waals surface area (Å²) < 4.78 is 3.02. The lowest BCUT2D eigenvalue weighted by Crippen LogP contribution is -2.04. The molecule has 3 rings (SSSR count). The van der Waals surface area contributed by atoms with Gasteiger partial charge in [-0.1, -0.05) is 11.6 Å². The molecule has 3 nitrogen and oxygen atoms in total. The number of carbonyl (C=O) groups excluding carboxylic acids is 1. The zero-order chi connectivity index (χ0) is 14.1. The van der Waals surface area contributed by atoms with Crippen LogP contribution in [0.5, 0.6) is 0 Å². The molecule has 0 saturated heterocycles. The number of hydrogen-bond acceptors (Lipinski definition) is 3. The highest BCUT2D eigenvalue weighted by atomic mass is 35.5. The maximum absolute atomic E-state index is 12.4. The number of benzene rings is 1. The van der Waals surface area contributed by atoms with Crippen molar-refractivity contribution >= 4 is 38.8 Å². The molecule has 2 heterocycles. The van der Waals surface area contributed by atoms with Crippen molar-refractivity contribution in [2.75, 3.05) is 0 Å². The Labute approximate surface area is 125 Å². The normalized spacial score (nSPS) is 11.1. The van der Waals surface area contributed by atoms with Crippen molar-refractivity contribution in [3.8, 4) is 0 Å². The van der Waals surface area contributed by atoms with Crippen molar-refractivity contribution in [2.24, 2.45) is 0 Å². The summed E-state index contributed by atoms with van der Waals surface area (Å²) >= 11 is 7.56. The van der Waals surface area contributed by atoms with Gasteiger partial charge in [0.05, 0.1) is 11.2 Å². The van der Waals surface area contributed by atoms with Gasteiger partial charge in [-0.3, -0.25) is 4.79 Å². The first-order valence-electron chi connectivity index (χ1n) is 6.33. The summed E-state index contributed by atoms with van der Waals surface area (Å²) in [5, 5.41) is 1.78. The highest BCUT2D eigenvalue weighted by molar-refractivity contribution is 7.21. The molecular formula is C15H13ClN2OS. The molecular weight excluding hydrogens is 292 g/mol. The van der Waals surface area contributed by atoms with Crippen molar-refractivity contribution in [2.45, 2.75) is 19.9 Å². The number of fused-ring (bicyclic) bond motifs is 1. The molecule has 2 aromatic heterocycles. The minimum Gasteiger partial charge on any atom is -0.337 e. The molecule has 1 aromatic carbocycles. The number of carbonyl (C=O) groups is 1. The van der Waals surface area contributed by atoms with Gasteiger partial charge in [-0.05, 0) is 36.1 Å². The third kappa shape index (κ3) is 2.49. The molecule has 0 spiro atoms. The van der Waals surface area contributed by atoms with E-state index in [0.717, 1.165) is 20.5 Å². The van der Waals surface area contributed by atoms with Crippen LogP contribution in [0.4, 0.5) is 0 Å². The second-order valence-electron chi connectivity index (χ2n) is 4.67. The number of imidazole rings is 1. The quantitative estimate of drug-likeness (QED) is 0.672. The Morgan fingerprint density at radius 3 is 3.05 bits per heavy atom. The summed E-state index contributed by atoms with van der Waals surface area (Å²) in [4.78, 5) is 17.2. The predicted octanol–water partition coefficient (Wildman–Crippen LogP) is 4.33. The van der Waals surface area contributed by atoms with E-state index in [1.165, 1.54) is 0 Å². The van der Waals surface area contributed by atoms with Gasteiger partial charge in [0.1, 0.15) is 0 Å². The van der Waals surface area contributed by atoms with E-state index < -0.39 is 0 Å². The van der Waals surface area contributed by atoms with Gasteiger partial charge in [-0.2, -0.15) is 0 Å². The number of aromatic nitrogens is 2. The molecule has 0 aliphatic carbocycles. The lowest BCUT2D eigenvalue weighted by molar-refractivity contribution is 0.0980. The maximum atomic E-state index is 12.4. The molecule has 0 unspecified atom stereocenters. The number of ketones is 1. The number of aryl methyl sites for hydroxylation is 2. The molecule has 0 fully saturated rings. The summed E-state index contributed by atoms with van der Waals surface area (Å²) in [6, 6.07) is 5.76. The van der Waals surface area contributed by atoms with E-state index >= 15 is 0 Å².